The van der Waals surface area contributed by atoms with Crippen LogP contribution in [0.15, 0.2) is 59.7 Å². The molecule has 0 aliphatic rings. The standard InChI is InChI=1S/C37H60O7Si/c1-27(2)45(28(3)4,29(5)6)44-36(31(8)15-13-11-12-14-16-34(39)23-37(40)42-10)22-17-30(7)33(24-38)26-43-25-32-18-20-35(41-9)21-19-32/h11-13,15,18-21,27-29,31,36,38H,14,16-17,22-26H2,1-10H3/b12-11-,15-13+,33-30+/t31-,36-/m0/s1. The second-order valence-corrected chi connectivity index (χ2v) is 18.3. The van der Waals surface area contributed by atoms with Gasteiger partial charge in [0.25, 0.3) is 0 Å². The Labute approximate surface area is 274 Å². The molecule has 0 spiro atoms. The SMILES string of the molecule is COC(=O)CC(=O)CC/C=C\C=C\[C@H](C)[C@H](CC/C(C)=C(\CO)COCc1ccc(OC)cc1)O[Si](C(C)C)(C(C)C)C(C)C. The summed E-state index contributed by atoms with van der Waals surface area (Å²) in [6.07, 6.45) is 10.5. The molecule has 0 saturated heterocycles. The van der Waals surface area contributed by atoms with Crippen LogP contribution in [-0.2, 0) is 30.1 Å². The molecular weight excluding hydrogens is 584 g/mol. The summed E-state index contributed by atoms with van der Waals surface area (Å²) in [7, 11) is 0.797. The van der Waals surface area contributed by atoms with Crippen molar-refractivity contribution >= 4 is 20.1 Å². The van der Waals surface area contributed by atoms with E-state index in [2.05, 4.69) is 66.2 Å². The van der Waals surface area contributed by atoms with Crippen molar-refractivity contribution in [3.63, 3.8) is 0 Å². The van der Waals surface area contributed by atoms with Gasteiger partial charge in [0.15, 0.2) is 0 Å². The number of aliphatic hydroxyl groups is 1. The lowest BCUT2D eigenvalue weighted by atomic mass is 9.96. The van der Waals surface area contributed by atoms with Gasteiger partial charge in [-0.3, -0.25) is 9.59 Å². The zero-order chi connectivity index (χ0) is 34.0. The van der Waals surface area contributed by atoms with E-state index >= 15 is 0 Å². The molecule has 2 atom stereocenters. The Morgan fingerprint density at radius 3 is 2.07 bits per heavy atom. The van der Waals surface area contributed by atoms with Gasteiger partial charge in [-0.05, 0) is 72.0 Å². The van der Waals surface area contributed by atoms with Crippen molar-refractivity contribution < 1.29 is 33.3 Å². The lowest BCUT2D eigenvalue weighted by Gasteiger charge is -2.45. The van der Waals surface area contributed by atoms with Crippen LogP contribution < -0.4 is 4.74 Å². The highest BCUT2D eigenvalue weighted by Gasteiger charge is 2.47. The van der Waals surface area contributed by atoms with Crippen molar-refractivity contribution in [3.05, 3.63) is 65.3 Å². The van der Waals surface area contributed by atoms with Crippen molar-refractivity contribution in [2.45, 2.75) is 117 Å². The maximum atomic E-state index is 11.9. The Hall–Kier alpha value is -2.52. The van der Waals surface area contributed by atoms with E-state index in [4.69, 9.17) is 13.9 Å². The fourth-order valence-electron chi connectivity index (χ4n) is 6.06. The van der Waals surface area contributed by atoms with Crippen molar-refractivity contribution in [1.82, 2.24) is 0 Å². The predicted molar refractivity (Wildman–Crippen MR) is 186 cm³/mol. The molecule has 0 aliphatic carbocycles. The molecule has 0 heterocycles. The third-order valence-corrected chi connectivity index (χ3v) is 14.9. The Morgan fingerprint density at radius 1 is 0.911 bits per heavy atom. The highest BCUT2D eigenvalue weighted by Crippen LogP contribution is 2.44. The van der Waals surface area contributed by atoms with E-state index in [1.807, 2.05) is 42.5 Å². The molecule has 1 rings (SSSR count). The number of rotatable bonds is 22. The summed E-state index contributed by atoms with van der Waals surface area (Å²) < 4.78 is 23.1. The molecule has 0 saturated carbocycles. The molecular formula is C37H60O7Si. The van der Waals surface area contributed by atoms with E-state index in [1.54, 1.807) is 7.11 Å². The Morgan fingerprint density at radius 2 is 1.53 bits per heavy atom. The predicted octanol–water partition coefficient (Wildman–Crippen LogP) is 8.52. The second-order valence-electron chi connectivity index (χ2n) is 12.9. The maximum absolute atomic E-state index is 11.9. The summed E-state index contributed by atoms with van der Waals surface area (Å²) in [4.78, 5) is 23.2. The molecule has 1 aromatic rings. The van der Waals surface area contributed by atoms with E-state index in [9.17, 15) is 14.7 Å². The van der Waals surface area contributed by atoms with Gasteiger partial charge in [0.1, 0.15) is 18.0 Å². The molecule has 0 aliphatic heterocycles. The molecule has 0 bridgehead atoms. The van der Waals surface area contributed by atoms with E-state index in [-0.39, 0.29) is 30.8 Å². The highest BCUT2D eigenvalue weighted by atomic mass is 28.4. The van der Waals surface area contributed by atoms with Crippen LogP contribution in [0.1, 0.15) is 93.1 Å². The zero-order valence-corrected chi connectivity index (χ0v) is 30.6. The molecule has 7 nitrogen and oxygen atoms in total. The quantitative estimate of drug-likeness (QED) is 0.0445. The molecule has 0 unspecified atom stereocenters. The van der Waals surface area contributed by atoms with Crippen LogP contribution >= 0.6 is 0 Å². The lowest BCUT2D eigenvalue weighted by molar-refractivity contribution is -0.143. The van der Waals surface area contributed by atoms with Crippen LogP contribution in [0.25, 0.3) is 0 Å². The normalized spacial score (nSPS) is 14.4. The number of aliphatic hydroxyl groups excluding tert-OH is 1. The minimum atomic E-state index is -2.14. The van der Waals surface area contributed by atoms with Gasteiger partial charge in [-0.15, -0.1) is 0 Å². The third-order valence-electron chi connectivity index (χ3n) is 8.77. The molecule has 254 valence electrons. The molecule has 0 aromatic heterocycles. The summed E-state index contributed by atoms with van der Waals surface area (Å²) >= 11 is 0. The summed E-state index contributed by atoms with van der Waals surface area (Å²) in [6.45, 7) is 19.0. The second kappa shape index (κ2) is 21.3. The van der Waals surface area contributed by atoms with Crippen LogP contribution in [0, 0.1) is 5.92 Å². The Balaban J connectivity index is 3.02. The topological polar surface area (TPSA) is 91.3 Å². The van der Waals surface area contributed by atoms with Gasteiger partial charge in [-0.25, -0.2) is 0 Å². The molecule has 1 N–H and O–H groups in total. The highest BCUT2D eigenvalue weighted by molar-refractivity contribution is 6.77. The molecule has 0 fully saturated rings. The number of ketones is 1. The summed E-state index contributed by atoms with van der Waals surface area (Å²) in [6, 6.07) is 7.81. The largest absolute Gasteiger partial charge is 0.497 e. The van der Waals surface area contributed by atoms with Gasteiger partial charge in [0.2, 0.25) is 8.32 Å². The molecule has 45 heavy (non-hydrogen) atoms. The maximum Gasteiger partial charge on any atom is 0.313 e. The number of ether oxygens (including phenoxy) is 3. The molecule has 0 radical (unpaired) electrons. The Kier molecular flexibility index (Phi) is 19.2. The van der Waals surface area contributed by atoms with Gasteiger partial charge >= 0.3 is 5.97 Å². The van der Waals surface area contributed by atoms with Gasteiger partial charge in [0, 0.05) is 6.42 Å². The van der Waals surface area contributed by atoms with Crippen LogP contribution in [0.4, 0.5) is 0 Å². The summed E-state index contributed by atoms with van der Waals surface area (Å²) in [5.74, 6) is 0.359. The van der Waals surface area contributed by atoms with Crippen molar-refractivity contribution in [3.8, 4) is 5.75 Å². The van der Waals surface area contributed by atoms with Crippen LogP contribution in [0.3, 0.4) is 0 Å². The van der Waals surface area contributed by atoms with Crippen molar-refractivity contribution in [2.75, 3.05) is 27.4 Å². The van der Waals surface area contributed by atoms with E-state index < -0.39 is 14.3 Å². The monoisotopic (exact) mass is 644 g/mol. The van der Waals surface area contributed by atoms with Crippen molar-refractivity contribution in [1.29, 1.82) is 0 Å². The fourth-order valence-corrected chi connectivity index (χ4v) is 11.7. The molecule has 0 amide bonds. The van der Waals surface area contributed by atoms with Crippen LogP contribution in [0.5, 0.6) is 5.75 Å². The average molecular weight is 645 g/mol. The summed E-state index contributed by atoms with van der Waals surface area (Å²) in [5, 5.41) is 10.2. The zero-order valence-electron chi connectivity index (χ0n) is 29.6. The third kappa shape index (κ3) is 13.8. The van der Waals surface area contributed by atoms with E-state index in [1.165, 1.54) is 7.11 Å². The first-order chi connectivity index (χ1) is 21.3. The number of hydrogen-bond donors (Lipinski definition) is 1. The number of allylic oxidation sites excluding steroid dienone is 4. The van der Waals surface area contributed by atoms with Crippen molar-refractivity contribution in [2.24, 2.45) is 5.92 Å². The average Bonchev–Trinajstić information content (AvgIpc) is 3.00. The molecule has 1 aromatic carbocycles. The van der Waals surface area contributed by atoms with Crippen LogP contribution in [-0.4, -0.2) is 58.7 Å². The lowest BCUT2D eigenvalue weighted by Crippen LogP contribution is -2.51. The van der Waals surface area contributed by atoms with E-state index in [0.29, 0.717) is 42.7 Å². The number of carbonyl (C=O) groups excluding carboxylic acids is 2. The number of carbonyl (C=O) groups is 2. The number of esters is 1. The number of benzene rings is 1. The van der Waals surface area contributed by atoms with Gasteiger partial charge in [0.05, 0.1) is 40.1 Å². The fraction of sp³-hybridized carbons (Fsp3) is 0.622. The number of hydrogen-bond acceptors (Lipinski definition) is 7. The minimum absolute atomic E-state index is 0.0188. The molecule has 8 heteroatoms. The smallest absolute Gasteiger partial charge is 0.313 e. The van der Waals surface area contributed by atoms with E-state index in [0.717, 1.165) is 35.3 Å². The first kappa shape index (κ1) is 40.5. The summed E-state index contributed by atoms with van der Waals surface area (Å²) in [5.41, 5.74) is 4.51. The number of Topliss-reactive ketones (excluding diaryl/α,β-unsaturated/α-hetero) is 1. The first-order valence-electron chi connectivity index (χ1n) is 16.4. The van der Waals surface area contributed by atoms with Crippen LogP contribution in [0.2, 0.25) is 16.6 Å². The first-order valence-corrected chi connectivity index (χ1v) is 18.5. The van der Waals surface area contributed by atoms with Gasteiger partial charge < -0.3 is 23.7 Å². The van der Waals surface area contributed by atoms with Gasteiger partial charge in [-0.1, -0.05) is 90.5 Å². The number of methoxy groups -OCH3 is 2. The Bertz CT molecular complexity index is 1080. The minimum Gasteiger partial charge on any atom is -0.497 e. The van der Waals surface area contributed by atoms with Gasteiger partial charge in [-0.2, -0.15) is 0 Å².